The lowest BCUT2D eigenvalue weighted by Crippen LogP contribution is -2.30. The first kappa shape index (κ1) is 7.61. The molecule has 1 heteroatoms. The molecule has 0 saturated heterocycles. The lowest BCUT2D eigenvalue weighted by Gasteiger charge is -2.06. The highest BCUT2D eigenvalue weighted by atomic mass is 14.9. The highest BCUT2D eigenvalue weighted by molar-refractivity contribution is 5.61. The highest BCUT2D eigenvalue weighted by Gasteiger charge is 2.11. The van der Waals surface area contributed by atoms with Crippen molar-refractivity contribution in [2.75, 3.05) is 0 Å². The number of benzene rings is 1. The van der Waals surface area contributed by atoms with Crippen molar-refractivity contribution in [2.45, 2.75) is 20.7 Å². The molecule has 0 N–H and O–H groups in total. The minimum absolute atomic E-state index is 0.393. The first-order valence-corrected chi connectivity index (χ1v) is 5.37. The summed E-state index contributed by atoms with van der Waals surface area (Å²) in [5, 5.41) is 0. The summed E-state index contributed by atoms with van der Waals surface area (Å²) in [6, 6.07) is 9.50. The van der Waals surface area contributed by atoms with E-state index in [2.05, 4.69) is 19.1 Å². The Morgan fingerprint density at radius 2 is 1.88 bits per heavy atom. The fourth-order valence-electron chi connectivity index (χ4n) is 1.89. The average molecular weight is 215 g/mol. The van der Waals surface area contributed by atoms with E-state index in [4.69, 9.17) is 4.11 Å². The van der Waals surface area contributed by atoms with Gasteiger partial charge in [0.2, 0.25) is 5.69 Å². The minimum Gasteiger partial charge on any atom is -0.201 e. The molecule has 2 aromatic rings. The number of pyridine rings is 1. The number of aryl methyl sites for hydroxylation is 4. The molecule has 0 atom stereocenters. The maximum Gasteiger partial charge on any atom is 0.212 e. The molecule has 2 rings (SSSR count). The third kappa shape index (κ3) is 1.99. The summed E-state index contributed by atoms with van der Waals surface area (Å²) in [5.74, 6) is 0. The number of nitrogens with zero attached hydrogens (tertiary/aromatic N) is 1. The standard InChI is InChI=1S/C15H18N/c1-11-5-6-14(13(3)9-11)15-10-12(2)7-8-16(15)4/h5-10H,1-4H3/q+1/i1D3. The summed E-state index contributed by atoms with van der Waals surface area (Å²) in [5.41, 5.74) is 4.72. The molecule has 1 aromatic heterocycles. The van der Waals surface area contributed by atoms with Gasteiger partial charge in [-0.1, -0.05) is 17.7 Å². The third-order valence-electron chi connectivity index (χ3n) is 2.81. The Bertz CT molecular complexity index is 615. The summed E-state index contributed by atoms with van der Waals surface area (Å²) in [6.45, 7) is 1.96. The van der Waals surface area contributed by atoms with E-state index in [-0.39, 0.29) is 0 Å². The van der Waals surface area contributed by atoms with Gasteiger partial charge in [0, 0.05) is 21.8 Å². The van der Waals surface area contributed by atoms with Gasteiger partial charge in [-0.2, -0.15) is 0 Å². The Morgan fingerprint density at radius 3 is 2.56 bits per heavy atom. The van der Waals surface area contributed by atoms with Gasteiger partial charge in [0.25, 0.3) is 0 Å². The van der Waals surface area contributed by atoms with Crippen LogP contribution in [0.1, 0.15) is 20.8 Å². The number of aromatic nitrogens is 1. The van der Waals surface area contributed by atoms with Crippen molar-refractivity contribution in [1.29, 1.82) is 0 Å². The summed E-state index contributed by atoms with van der Waals surface area (Å²) in [7, 11) is 1.99. The van der Waals surface area contributed by atoms with E-state index < -0.39 is 6.85 Å². The molecule has 0 aliphatic carbocycles. The monoisotopic (exact) mass is 215 g/mol. The third-order valence-corrected chi connectivity index (χ3v) is 2.81. The van der Waals surface area contributed by atoms with Crippen molar-refractivity contribution >= 4 is 0 Å². The second-order valence-corrected chi connectivity index (χ2v) is 4.23. The maximum atomic E-state index is 7.45. The van der Waals surface area contributed by atoms with Crippen LogP contribution < -0.4 is 4.57 Å². The summed E-state index contributed by atoms with van der Waals surface area (Å²) in [4.78, 5) is 0. The number of rotatable bonds is 1. The Kier molecular flexibility index (Phi) is 1.95. The van der Waals surface area contributed by atoms with Crippen molar-refractivity contribution in [3.8, 4) is 11.3 Å². The van der Waals surface area contributed by atoms with Gasteiger partial charge >= 0.3 is 0 Å². The van der Waals surface area contributed by atoms with Crippen LogP contribution in [0, 0.1) is 20.7 Å². The summed E-state index contributed by atoms with van der Waals surface area (Å²) < 4.78 is 24.4. The molecule has 1 aromatic carbocycles. The van der Waals surface area contributed by atoms with E-state index in [0.717, 1.165) is 16.8 Å². The Hall–Kier alpha value is -1.63. The molecule has 0 radical (unpaired) electrons. The molecular formula is C15H18N+. The Morgan fingerprint density at radius 1 is 1.06 bits per heavy atom. The molecule has 0 bridgehead atoms. The van der Waals surface area contributed by atoms with Gasteiger partial charge in [-0.15, -0.1) is 0 Å². The van der Waals surface area contributed by atoms with Crippen molar-refractivity contribution in [3.05, 3.63) is 53.2 Å². The minimum atomic E-state index is -2.04. The van der Waals surface area contributed by atoms with Crippen molar-refractivity contribution < 1.29 is 8.68 Å². The predicted molar refractivity (Wildman–Crippen MR) is 67.3 cm³/mol. The number of hydrogen-bond donors (Lipinski definition) is 0. The molecule has 1 heterocycles. The Balaban J connectivity index is 2.55. The maximum absolute atomic E-state index is 7.45. The zero-order valence-corrected chi connectivity index (χ0v) is 9.91. The van der Waals surface area contributed by atoms with Crippen LogP contribution in [-0.4, -0.2) is 0 Å². The zero-order valence-electron chi connectivity index (χ0n) is 12.9. The van der Waals surface area contributed by atoms with Gasteiger partial charge in [0.15, 0.2) is 6.20 Å². The van der Waals surface area contributed by atoms with Crippen LogP contribution in [0.25, 0.3) is 11.3 Å². The van der Waals surface area contributed by atoms with E-state index in [0.29, 0.717) is 5.56 Å². The molecular weight excluding hydrogens is 194 g/mol. The first-order valence-electron chi connectivity index (χ1n) is 6.87. The quantitative estimate of drug-likeness (QED) is 0.644. The lowest BCUT2D eigenvalue weighted by molar-refractivity contribution is -0.660. The molecule has 82 valence electrons. The SMILES string of the molecule is [2H]C([2H])([2H])c1ccc(-c2cc(C)cc[n+]2C)c(C)c1. The van der Waals surface area contributed by atoms with E-state index in [1.54, 1.807) is 12.1 Å². The molecule has 0 saturated carbocycles. The molecule has 1 nitrogen and oxygen atoms in total. The van der Waals surface area contributed by atoms with Crippen LogP contribution in [0.4, 0.5) is 0 Å². The molecule has 0 aliphatic rings. The van der Waals surface area contributed by atoms with E-state index in [9.17, 15) is 0 Å². The smallest absolute Gasteiger partial charge is 0.201 e. The molecule has 0 amide bonds. The van der Waals surface area contributed by atoms with Crippen LogP contribution in [0.2, 0.25) is 0 Å². The van der Waals surface area contributed by atoms with Gasteiger partial charge in [-0.25, -0.2) is 4.57 Å². The van der Waals surface area contributed by atoms with Crippen molar-refractivity contribution in [1.82, 2.24) is 0 Å². The van der Waals surface area contributed by atoms with Crippen molar-refractivity contribution in [2.24, 2.45) is 7.05 Å². The average Bonchev–Trinajstić information content (AvgIpc) is 2.31. The predicted octanol–water partition coefficient (Wildman–Crippen LogP) is 3.10. The van der Waals surface area contributed by atoms with E-state index in [1.165, 1.54) is 5.56 Å². The van der Waals surface area contributed by atoms with Crippen LogP contribution in [-0.2, 0) is 7.05 Å². The zero-order chi connectivity index (χ0) is 14.2. The van der Waals surface area contributed by atoms with Gasteiger partial charge in [0.05, 0.1) is 0 Å². The van der Waals surface area contributed by atoms with Gasteiger partial charge < -0.3 is 0 Å². The second-order valence-electron chi connectivity index (χ2n) is 4.23. The molecule has 0 unspecified atom stereocenters. The first-order chi connectivity index (χ1) is 8.79. The van der Waals surface area contributed by atoms with Crippen LogP contribution >= 0.6 is 0 Å². The van der Waals surface area contributed by atoms with Crippen LogP contribution in [0.15, 0.2) is 36.5 Å². The number of hydrogen-bond acceptors (Lipinski definition) is 0. The van der Waals surface area contributed by atoms with E-state index >= 15 is 0 Å². The highest BCUT2D eigenvalue weighted by Crippen LogP contribution is 2.21. The second kappa shape index (κ2) is 4.09. The summed E-state index contributed by atoms with van der Waals surface area (Å²) in [6.07, 6.45) is 2.02. The normalized spacial score (nSPS) is 14.1. The van der Waals surface area contributed by atoms with Gasteiger partial charge in [-0.3, -0.25) is 0 Å². The fraction of sp³-hybridized carbons (Fsp3) is 0.267. The molecule has 0 aliphatic heterocycles. The van der Waals surface area contributed by atoms with Crippen LogP contribution in [0.5, 0.6) is 0 Å². The van der Waals surface area contributed by atoms with Crippen LogP contribution in [0.3, 0.4) is 0 Å². The molecule has 16 heavy (non-hydrogen) atoms. The molecule has 0 spiro atoms. The topological polar surface area (TPSA) is 3.88 Å². The van der Waals surface area contributed by atoms with Gasteiger partial charge in [0.1, 0.15) is 7.05 Å². The van der Waals surface area contributed by atoms with Crippen molar-refractivity contribution in [3.63, 3.8) is 0 Å². The summed E-state index contributed by atoms with van der Waals surface area (Å²) >= 11 is 0. The molecule has 0 fully saturated rings. The fourth-order valence-corrected chi connectivity index (χ4v) is 1.89. The Labute approximate surface area is 102 Å². The van der Waals surface area contributed by atoms with E-state index in [1.807, 2.05) is 30.8 Å². The lowest BCUT2D eigenvalue weighted by atomic mass is 10.0. The largest absolute Gasteiger partial charge is 0.212 e. The van der Waals surface area contributed by atoms with Gasteiger partial charge in [-0.05, 0) is 37.9 Å².